The van der Waals surface area contributed by atoms with Crippen LogP contribution >= 0.6 is 0 Å². The third-order valence-corrected chi connectivity index (χ3v) is 4.74. The van der Waals surface area contributed by atoms with Gasteiger partial charge in [0.2, 0.25) is 5.91 Å². The zero-order valence-corrected chi connectivity index (χ0v) is 16.4. The van der Waals surface area contributed by atoms with Crippen LogP contribution in [0.5, 0.6) is 0 Å². The first-order valence-corrected chi connectivity index (χ1v) is 10.2. The molecular weight excluding hydrogens is 306 g/mol. The third kappa shape index (κ3) is 10.1. The van der Waals surface area contributed by atoms with E-state index in [9.17, 15) is 4.79 Å². The van der Waals surface area contributed by atoms with E-state index in [-0.39, 0.29) is 11.9 Å². The zero-order valence-electron chi connectivity index (χ0n) is 16.4. The lowest BCUT2D eigenvalue weighted by Gasteiger charge is -2.19. The van der Waals surface area contributed by atoms with E-state index < -0.39 is 0 Å². The maximum Gasteiger partial charge on any atom is 0.246 e. The molecule has 0 saturated carbocycles. The molecule has 0 radical (unpaired) electrons. The van der Waals surface area contributed by atoms with Crippen molar-refractivity contribution in [3.05, 3.63) is 48.0 Å². The van der Waals surface area contributed by atoms with Gasteiger partial charge in [-0.25, -0.2) is 0 Å². The molecule has 0 fully saturated rings. The smallest absolute Gasteiger partial charge is 0.246 e. The predicted octanol–water partition coefficient (Wildman–Crippen LogP) is 6.73. The number of amides is 1. The third-order valence-electron chi connectivity index (χ3n) is 4.74. The van der Waals surface area contributed by atoms with Crippen LogP contribution in [0.4, 0.5) is 0 Å². The van der Waals surface area contributed by atoms with Crippen LogP contribution < -0.4 is 5.32 Å². The molecule has 0 aliphatic carbocycles. The van der Waals surface area contributed by atoms with Crippen LogP contribution in [0.1, 0.15) is 96.1 Å². The molecule has 0 heterocycles. The summed E-state index contributed by atoms with van der Waals surface area (Å²) >= 11 is 0. The summed E-state index contributed by atoms with van der Waals surface area (Å²) in [5.41, 5.74) is 1.76. The molecule has 1 atom stereocenters. The van der Waals surface area contributed by atoms with Gasteiger partial charge in [0.1, 0.15) is 0 Å². The summed E-state index contributed by atoms with van der Waals surface area (Å²) in [6.45, 7) is 7.77. The largest absolute Gasteiger partial charge is 0.346 e. The average molecular weight is 344 g/mol. The Kier molecular flexibility index (Phi) is 11.8. The van der Waals surface area contributed by atoms with Gasteiger partial charge in [0, 0.05) is 5.57 Å². The highest BCUT2D eigenvalue weighted by Crippen LogP contribution is 2.21. The van der Waals surface area contributed by atoms with Crippen LogP contribution in [-0.2, 0) is 4.79 Å². The molecule has 2 heteroatoms. The second kappa shape index (κ2) is 13.7. The van der Waals surface area contributed by atoms with Gasteiger partial charge in [0.15, 0.2) is 0 Å². The van der Waals surface area contributed by atoms with Crippen molar-refractivity contribution in [2.75, 3.05) is 0 Å². The number of carbonyl (C=O) groups is 1. The average Bonchev–Trinajstić information content (AvgIpc) is 2.62. The number of hydrogen-bond acceptors (Lipinski definition) is 1. The summed E-state index contributed by atoms with van der Waals surface area (Å²) in [6.07, 6.45) is 14.3. The van der Waals surface area contributed by atoms with Crippen molar-refractivity contribution < 1.29 is 4.79 Å². The van der Waals surface area contributed by atoms with E-state index in [1.54, 1.807) is 6.92 Å². The molecular formula is C23H37NO. The maximum atomic E-state index is 12.0. The lowest BCUT2D eigenvalue weighted by molar-refractivity contribution is -0.118. The second-order valence-electron chi connectivity index (χ2n) is 7.19. The summed E-state index contributed by atoms with van der Waals surface area (Å²) in [4.78, 5) is 12.0. The highest BCUT2D eigenvalue weighted by molar-refractivity contribution is 5.92. The number of hydrogen-bond donors (Lipinski definition) is 1. The Morgan fingerprint density at radius 3 is 1.96 bits per heavy atom. The van der Waals surface area contributed by atoms with Gasteiger partial charge < -0.3 is 5.32 Å². The van der Waals surface area contributed by atoms with Crippen molar-refractivity contribution in [3.63, 3.8) is 0 Å². The van der Waals surface area contributed by atoms with E-state index in [4.69, 9.17) is 0 Å². The quantitative estimate of drug-likeness (QED) is 0.294. The van der Waals surface area contributed by atoms with Gasteiger partial charge in [0.05, 0.1) is 6.04 Å². The minimum atomic E-state index is -0.0408. The fraction of sp³-hybridized carbons (Fsp3) is 0.609. The van der Waals surface area contributed by atoms with E-state index >= 15 is 0 Å². The Morgan fingerprint density at radius 2 is 1.44 bits per heavy atom. The topological polar surface area (TPSA) is 29.1 Å². The van der Waals surface area contributed by atoms with Crippen molar-refractivity contribution in [3.8, 4) is 0 Å². The van der Waals surface area contributed by atoms with Crippen LogP contribution in [-0.4, -0.2) is 5.91 Å². The van der Waals surface area contributed by atoms with Crippen molar-refractivity contribution in [2.45, 2.75) is 90.5 Å². The van der Waals surface area contributed by atoms with Crippen LogP contribution in [0.15, 0.2) is 42.5 Å². The fourth-order valence-electron chi connectivity index (χ4n) is 3.12. The molecule has 25 heavy (non-hydrogen) atoms. The van der Waals surface area contributed by atoms with Crippen molar-refractivity contribution in [2.24, 2.45) is 0 Å². The fourth-order valence-corrected chi connectivity index (χ4v) is 3.12. The molecule has 0 spiro atoms. The van der Waals surface area contributed by atoms with Crippen molar-refractivity contribution in [1.29, 1.82) is 0 Å². The Morgan fingerprint density at radius 1 is 0.920 bits per heavy atom. The molecule has 0 aromatic heterocycles. The van der Waals surface area contributed by atoms with E-state index in [0.29, 0.717) is 5.57 Å². The minimum Gasteiger partial charge on any atom is -0.346 e. The molecule has 0 aliphatic heterocycles. The summed E-state index contributed by atoms with van der Waals surface area (Å²) in [6, 6.07) is 10.4. The molecule has 1 aromatic carbocycles. The summed E-state index contributed by atoms with van der Waals surface area (Å²) in [5.74, 6) is -0.0408. The SMILES string of the molecule is C=C(C)C(=O)NC(CCCCCCCCCCCC)c1ccccc1. The Hall–Kier alpha value is -1.57. The lowest BCUT2D eigenvalue weighted by Crippen LogP contribution is -2.28. The first kappa shape index (κ1) is 21.5. The highest BCUT2D eigenvalue weighted by Gasteiger charge is 2.14. The van der Waals surface area contributed by atoms with Gasteiger partial charge in [-0.05, 0) is 18.9 Å². The lowest BCUT2D eigenvalue weighted by atomic mass is 9.99. The summed E-state index contributed by atoms with van der Waals surface area (Å²) < 4.78 is 0. The Labute approximate surface area is 155 Å². The number of benzene rings is 1. The molecule has 0 bridgehead atoms. The monoisotopic (exact) mass is 343 g/mol. The van der Waals surface area contributed by atoms with Gasteiger partial charge in [-0.2, -0.15) is 0 Å². The molecule has 2 nitrogen and oxygen atoms in total. The molecule has 1 amide bonds. The standard InChI is InChI=1S/C23H37NO/c1-4-5-6-7-8-9-10-11-12-16-19-22(24-23(25)20(2)3)21-17-14-13-15-18-21/h13-15,17-18,22H,2,4-12,16,19H2,1,3H3,(H,24,25). The molecule has 0 saturated heterocycles. The van der Waals surface area contributed by atoms with Crippen LogP contribution in [0.2, 0.25) is 0 Å². The number of nitrogens with one attached hydrogen (secondary N) is 1. The second-order valence-corrected chi connectivity index (χ2v) is 7.19. The first-order valence-electron chi connectivity index (χ1n) is 10.2. The summed E-state index contributed by atoms with van der Waals surface area (Å²) in [7, 11) is 0. The molecule has 1 aromatic rings. The number of rotatable bonds is 14. The molecule has 1 N–H and O–H groups in total. The normalized spacial score (nSPS) is 11.9. The summed E-state index contributed by atoms with van der Waals surface area (Å²) in [5, 5.41) is 3.13. The van der Waals surface area contributed by atoms with Crippen LogP contribution in [0.3, 0.4) is 0 Å². The van der Waals surface area contributed by atoms with Crippen LogP contribution in [0.25, 0.3) is 0 Å². The van der Waals surface area contributed by atoms with Gasteiger partial charge in [0.25, 0.3) is 0 Å². The molecule has 1 unspecified atom stereocenters. The molecule has 140 valence electrons. The number of carbonyl (C=O) groups excluding carboxylic acids is 1. The van der Waals surface area contributed by atoms with Crippen molar-refractivity contribution >= 4 is 5.91 Å². The van der Waals surface area contributed by atoms with Crippen LogP contribution in [0, 0.1) is 0 Å². The zero-order chi connectivity index (χ0) is 18.3. The van der Waals surface area contributed by atoms with Gasteiger partial charge >= 0.3 is 0 Å². The Bertz CT molecular complexity index is 480. The van der Waals surface area contributed by atoms with Gasteiger partial charge in [-0.15, -0.1) is 0 Å². The van der Waals surface area contributed by atoms with E-state index in [1.807, 2.05) is 18.2 Å². The maximum absolute atomic E-state index is 12.0. The van der Waals surface area contributed by atoms with E-state index in [2.05, 4.69) is 31.0 Å². The number of unbranched alkanes of at least 4 members (excludes halogenated alkanes) is 9. The Balaban J connectivity index is 2.25. The van der Waals surface area contributed by atoms with Crippen molar-refractivity contribution in [1.82, 2.24) is 5.32 Å². The van der Waals surface area contributed by atoms with E-state index in [0.717, 1.165) is 12.8 Å². The van der Waals surface area contributed by atoms with Gasteiger partial charge in [-0.1, -0.05) is 108 Å². The highest BCUT2D eigenvalue weighted by atomic mass is 16.1. The minimum absolute atomic E-state index is 0.0408. The first-order chi connectivity index (χ1) is 12.1. The molecule has 1 rings (SSSR count). The van der Waals surface area contributed by atoms with E-state index in [1.165, 1.54) is 63.4 Å². The predicted molar refractivity (Wildman–Crippen MR) is 109 cm³/mol. The van der Waals surface area contributed by atoms with Gasteiger partial charge in [-0.3, -0.25) is 4.79 Å². The molecule has 0 aliphatic rings.